The van der Waals surface area contributed by atoms with E-state index in [9.17, 15) is 4.79 Å². The molecule has 0 saturated carbocycles. The van der Waals surface area contributed by atoms with E-state index in [4.69, 9.17) is 5.73 Å². The highest BCUT2D eigenvalue weighted by atomic mass is 79.9. The van der Waals surface area contributed by atoms with E-state index in [1.165, 1.54) is 0 Å². The van der Waals surface area contributed by atoms with Crippen molar-refractivity contribution in [1.29, 1.82) is 0 Å². The van der Waals surface area contributed by atoms with Crippen LogP contribution in [0.15, 0.2) is 34.9 Å². The molecule has 2 rings (SSSR count). The molecule has 0 fully saturated rings. The van der Waals surface area contributed by atoms with Crippen molar-refractivity contribution >= 4 is 33.2 Å². The number of amides is 1. The Morgan fingerprint density at radius 3 is 2.63 bits per heavy atom. The zero-order valence-corrected chi connectivity index (χ0v) is 12.3. The van der Waals surface area contributed by atoms with Crippen molar-refractivity contribution in [2.75, 3.05) is 11.1 Å². The van der Waals surface area contributed by atoms with Crippen molar-refractivity contribution in [1.82, 2.24) is 4.98 Å². The quantitative estimate of drug-likeness (QED) is 0.659. The average molecular weight is 320 g/mol. The molecule has 4 nitrogen and oxygen atoms in total. The highest BCUT2D eigenvalue weighted by Gasteiger charge is 2.11. The second-order valence-electron chi connectivity index (χ2n) is 4.30. The van der Waals surface area contributed by atoms with Crippen LogP contribution >= 0.6 is 15.9 Å². The number of anilines is 2. The monoisotopic (exact) mass is 319 g/mol. The maximum atomic E-state index is 12.2. The number of rotatable bonds is 2. The van der Waals surface area contributed by atoms with Gasteiger partial charge in [0.1, 0.15) is 4.60 Å². The first-order valence-corrected chi connectivity index (χ1v) is 6.57. The zero-order valence-electron chi connectivity index (χ0n) is 10.7. The molecule has 1 aromatic heterocycles. The van der Waals surface area contributed by atoms with Crippen molar-refractivity contribution in [3.8, 4) is 0 Å². The molecule has 0 spiro atoms. The van der Waals surface area contributed by atoms with Crippen LogP contribution in [-0.4, -0.2) is 10.9 Å². The number of nitrogen functional groups attached to an aromatic ring is 1. The minimum atomic E-state index is -0.162. The van der Waals surface area contributed by atoms with Gasteiger partial charge in [0.25, 0.3) is 5.91 Å². The molecule has 0 radical (unpaired) electrons. The van der Waals surface area contributed by atoms with Crippen molar-refractivity contribution in [3.05, 3.63) is 51.8 Å². The number of nitrogens with two attached hydrogens (primary N) is 1. The van der Waals surface area contributed by atoms with Crippen LogP contribution in [0.5, 0.6) is 0 Å². The maximum Gasteiger partial charge on any atom is 0.255 e. The SMILES string of the molecule is Cc1cc(N)ccc1C(=O)Nc1ccc(Br)nc1C. The molecule has 0 aliphatic rings. The Hall–Kier alpha value is -1.88. The molecule has 19 heavy (non-hydrogen) atoms. The fraction of sp³-hybridized carbons (Fsp3) is 0.143. The Morgan fingerprint density at radius 2 is 2.00 bits per heavy atom. The number of pyridine rings is 1. The summed E-state index contributed by atoms with van der Waals surface area (Å²) in [6, 6.07) is 8.83. The maximum absolute atomic E-state index is 12.2. The first kappa shape index (κ1) is 13.5. The van der Waals surface area contributed by atoms with Crippen LogP contribution in [0.4, 0.5) is 11.4 Å². The minimum Gasteiger partial charge on any atom is -0.399 e. The number of nitrogens with one attached hydrogen (secondary N) is 1. The van der Waals surface area contributed by atoms with Gasteiger partial charge in [-0.25, -0.2) is 4.98 Å². The van der Waals surface area contributed by atoms with E-state index in [0.717, 1.165) is 15.9 Å². The number of aromatic nitrogens is 1. The van der Waals surface area contributed by atoms with E-state index in [2.05, 4.69) is 26.2 Å². The summed E-state index contributed by atoms with van der Waals surface area (Å²) in [6.07, 6.45) is 0. The molecule has 5 heteroatoms. The Balaban J connectivity index is 2.25. The molecular formula is C14H14BrN3O. The molecule has 0 saturated heterocycles. The van der Waals surface area contributed by atoms with Gasteiger partial charge in [-0.2, -0.15) is 0 Å². The van der Waals surface area contributed by atoms with Gasteiger partial charge in [0, 0.05) is 11.3 Å². The Labute approximate surface area is 120 Å². The van der Waals surface area contributed by atoms with Gasteiger partial charge in [0.2, 0.25) is 0 Å². The summed E-state index contributed by atoms with van der Waals surface area (Å²) < 4.78 is 0.742. The van der Waals surface area contributed by atoms with Gasteiger partial charge in [-0.05, 0) is 65.7 Å². The summed E-state index contributed by atoms with van der Waals surface area (Å²) in [5, 5.41) is 2.85. The van der Waals surface area contributed by atoms with E-state index in [1.54, 1.807) is 24.3 Å². The van der Waals surface area contributed by atoms with Gasteiger partial charge in [0.05, 0.1) is 11.4 Å². The van der Waals surface area contributed by atoms with Crippen molar-refractivity contribution < 1.29 is 4.79 Å². The largest absolute Gasteiger partial charge is 0.399 e. The van der Waals surface area contributed by atoms with Gasteiger partial charge in [-0.1, -0.05) is 0 Å². The van der Waals surface area contributed by atoms with E-state index in [-0.39, 0.29) is 5.91 Å². The predicted octanol–water partition coefficient (Wildman–Crippen LogP) is 3.30. The van der Waals surface area contributed by atoms with Gasteiger partial charge in [0.15, 0.2) is 0 Å². The standard InChI is InChI=1S/C14H14BrN3O/c1-8-7-10(16)3-4-11(8)14(19)18-12-5-6-13(15)17-9(12)2/h3-7H,16H2,1-2H3,(H,18,19). The molecule has 0 aliphatic heterocycles. The van der Waals surface area contributed by atoms with Crippen LogP contribution in [0.1, 0.15) is 21.6 Å². The summed E-state index contributed by atoms with van der Waals surface area (Å²) in [5.41, 5.74) is 9.24. The molecule has 1 aromatic carbocycles. The molecule has 0 atom stereocenters. The number of nitrogens with zero attached hydrogens (tertiary/aromatic N) is 1. The first-order chi connectivity index (χ1) is 8.97. The number of aryl methyl sites for hydroxylation is 2. The Morgan fingerprint density at radius 1 is 1.26 bits per heavy atom. The third-order valence-electron chi connectivity index (χ3n) is 2.80. The summed E-state index contributed by atoms with van der Waals surface area (Å²) >= 11 is 3.29. The predicted molar refractivity (Wildman–Crippen MR) is 80.2 cm³/mol. The number of carbonyl (C=O) groups excluding carboxylic acids is 1. The van der Waals surface area contributed by atoms with Crippen LogP contribution in [0, 0.1) is 13.8 Å². The smallest absolute Gasteiger partial charge is 0.255 e. The number of hydrogen-bond donors (Lipinski definition) is 2. The lowest BCUT2D eigenvalue weighted by atomic mass is 10.1. The first-order valence-electron chi connectivity index (χ1n) is 5.78. The molecule has 2 aromatic rings. The second kappa shape index (κ2) is 5.40. The van der Waals surface area contributed by atoms with E-state index >= 15 is 0 Å². The Bertz CT molecular complexity index is 641. The van der Waals surface area contributed by atoms with Crippen LogP contribution in [0.3, 0.4) is 0 Å². The van der Waals surface area contributed by atoms with Gasteiger partial charge < -0.3 is 11.1 Å². The van der Waals surface area contributed by atoms with Gasteiger partial charge in [-0.15, -0.1) is 0 Å². The average Bonchev–Trinajstić information content (AvgIpc) is 2.32. The van der Waals surface area contributed by atoms with Crippen molar-refractivity contribution in [2.24, 2.45) is 0 Å². The normalized spacial score (nSPS) is 10.3. The van der Waals surface area contributed by atoms with Crippen molar-refractivity contribution in [2.45, 2.75) is 13.8 Å². The van der Waals surface area contributed by atoms with Crippen LogP contribution in [-0.2, 0) is 0 Å². The molecule has 98 valence electrons. The lowest BCUT2D eigenvalue weighted by Gasteiger charge is -2.10. The van der Waals surface area contributed by atoms with E-state index < -0.39 is 0 Å². The second-order valence-corrected chi connectivity index (χ2v) is 5.11. The molecule has 1 amide bonds. The number of halogens is 1. The molecule has 0 aliphatic carbocycles. The van der Waals surface area contributed by atoms with E-state index in [1.807, 2.05) is 19.9 Å². The van der Waals surface area contributed by atoms with Gasteiger partial charge >= 0.3 is 0 Å². The lowest BCUT2D eigenvalue weighted by molar-refractivity contribution is 0.102. The summed E-state index contributed by atoms with van der Waals surface area (Å²) in [5.74, 6) is -0.162. The Kier molecular flexibility index (Phi) is 3.85. The summed E-state index contributed by atoms with van der Waals surface area (Å²) in [4.78, 5) is 16.4. The fourth-order valence-corrected chi connectivity index (χ4v) is 2.19. The highest BCUT2D eigenvalue weighted by Crippen LogP contribution is 2.19. The molecule has 3 N–H and O–H groups in total. The van der Waals surface area contributed by atoms with Crippen LogP contribution in [0.25, 0.3) is 0 Å². The third-order valence-corrected chi connectivity index (χ3v) is 3.24. The van der Waals surface area contributed by atoms with E-state index in [0.29, 0.717) is 16.9 Å². The lowest BCUT2D eigenvalue weighted by Crippen LogP contribution is -2.14. The molecule has 0 unspecified atom stereocenters. The zero-order chi connectivity index (χ0) is 14.0. The van der Waals surface area contributed by atoms with Crippen LogP contribution in [0.2, 0.25) is 0 Å². The molecular weight excluding hydrogens is 306 g/mol. The minimum absolute atomic E-state index is 0.162. The summed E-state index contributed by atoms with van der Waals surface area (Å²) in [7, 11) is 0. The topological polar surface area (TPSA) is 68.0 Å². The molecule has 1 heterocycles. The summed E-state index contributed by atoms with van der Waals surface area (Å²) in [6.45, 7) is 3.70. The van der Waals surface area contributed by atoms with Gasteiger partial charge in [-0.3, -0.25) is 4.79 Å². The number of benzene rings is 1. The fourth-order valence-electron chi connectivity index (χ4n) is 1.79. The van der Waals surface area contributed by atoms with Crippen molar-refractivity contribution in [3.63, 3.8) is 0 Å². The molecule has 0 bridgehead atoms. The van der Waals surface area contributed by atoms with Crippen LogP contribution < -0.4 is 11.1 Å². The third kappa shape index (κ3) is 3.12. The highest BCUT2D eigenvalue weighted by molar-refractivity contribution is 9.10. The number of carbonyl (C=O) groups is 1. The number of hydrogen-bond acceptors (Lipinski definition) is 3.